The predicted octanol–water partition coefficient (Wildman–Crippen LogP) is 2.01. The van der Waals surface area contributed by atoms with E-state index in [1.54, 1.807) is 16.4 Å². The van der Waals surface area contributed by atoms with Crippen molar-refractivity contribution >= 4 is 15.7 Å². The summed E-state index contributed by atoms with van der Waals surface area (Å²) in [7, 11) is -3.25. The molecule has 1 aromatic rings. The summed E-state index contributed by atoms with van der Waals surface area (Å²) in [6.45, 7) is 3.02. The molecule has 1 aliphatic carbocycles. The molecule has 128 valence electrons. The van der Waals surface area contributed by atoms with Gasteiger partial charge in [0.2, 0.25) is 10.0 Å². The largest absolute Gasteiger partial charge is 0.399 e. The van der Waals surface area contributed by atoms with Crippen molar-refractivity contribution < 1.29 is 13.2 Å². The van der Waals surface area contributed by atoms with Gasteiger partial charge in [-0.25, -0.2) is 8.42 Å². The average molecular weight is 339 g/mol. The lowest BCUT2D eigenvalue weighted by Gasteiger charge is -2.35. The van der Waals surface area contributed by atoms with Crippen molar-refractivity contribution in [3.8, 4) is 0 Å². The van der Waals surface area contributed by atoms with E-state index in [-0.39, 0.29) is 11.4 Å². The third kappa shape index (κ3) is 3.67. The number of ether oxygens (including phenoxy) is 1. The quantitative estimate of drug-likeness (QED) is 0.910. The number of nitrogens with zero attached hydrogens (tertiary/aromatic N) is 2. The van der Waals surface area contributed by atoms with Gasteiger partial charge in [-0.15, -0.1) is 0 Å². The molecular formula is C16H25N3O3S. The normalized spacial score (nSPS) is 24.7. The van der Waals surface area contributed by atoms with Crippen LogP contribution in [0.5, 0.6) is 0 Å². The van der Waals surface area contributed by atoms with Crippen molar-refractivity contribution in [2.45, 2.75) is 50.4 Å². The summed E-state index contributed by atoms with van der Waals surface area (Å²) < 4.78 is 33.1. The Morgan fingerprint density at radius 2 is 2.00 bits per heavy atom. The molecule has 0 radical (unpaired) electrons. The van der Waals surface area contributed by atoms with Crippen molar-refractivity contribution in [1.29, 1.82) is 0 Å². The van der Waals surface area contributed by atoms with Gasteiger partial charge in [0.25, 0.3) is 0 Å². The lowest BCUT2D eigenvalue weighted by Crippen LogP contribution is -2.46. The van der Waals surface area contributed by atoms with Crippen LogP contribution in [0.25, 0.3) is 0 Å². The Morgan fingerprint density at radius 1 is 1.26 bits per heavy atom. The van der Waals surface area contributed by atoms with Crippen molar-refractivity contribution in [1.82, 2.24) is 9.29 Å². The number of nitrogens with two attached hydrogens (primary N) is 1. The Morgan fingerprint density at radius 3 is 2.70 bits per heavy atom. The first-order valence-electron chi connectivity index (χ1n) is 8.31. The fraction of sp³-hybridized carbons (Fsp3) is 0.688. The average Bonchev–Trinajstić information content (AvgIpc) is 2.55. The number of rotatable bonds is 3. The number of anilines is 1. The van der Waals surface area contributed by atoms with Crippen molar-refractivity contribution in [2.75, 3.05) is 25.4 Å². The molecule has 3 rings (SSSR count). The standard InChI is InChI=1S/C16H25N3O3S/c1-12-9-13(17)10-15(18-12)16-11-19(7-8-22-16)23(20,21)14-5-3-2-4-6-14/h9-10,14,16H,2-8,11H2,1H3,(H2,17,18)/t16-/m1/s1. The fourth-order valence-electron chi connectivity index (χ4n) is 3.50. The fourth-order valence-corrected chi connectivity index (χ4v) is 5.52. The zero-order chi connectivity index (χ0) is 16.4. The van der Waals surface area contributed by atoms with Crippen LogP contribution in [0.15, 0.2) is 12.1 Å². The molecule has 2 aliphatic rings. The maximum Gasteiger partial charge on any atom is 0.217 e. The van der Waals surface area contributed by atoms with E-state index in [0.29, 0.717) is 31.1 Å². The second kappa shape index (κ2) is 6.75. The van der Waals surface area contributed by atoms with Crippen LogP contribution in [0.2, 0.25) is 0 Å². The minimum Gasteiger partial charge on any atom is -0.399 e. The second-order valence-corrected chi connectivity index (χ2v) is 8.70. The highest BCUT2D eigenvalue weighted by Gasteiger charge is 2.36. The van der Waals surface area contributed by atoms with E-state index in [4.69, 9.17) is 10.5 Å². The van der Waals surface area contributed by atoms with Gasteiger partial charge in [-0.1, -0.05) is 19.3 Å². The van der Waals surface area contributed by atoms with Crippen LogP contribution in [0, 0.1) is 6.92 Å². The lowest BCUT2D eigenvalue weighted by molar-refractivity contribution is -0.00535. The highest BCUT2D eigenvalue weighted by atomic mass is 32.2. The first-order chi connectivity index (χ1) is 11.0. The Kier molecular flexibility index (Phi) is 4.89. The minimum atomic E-state index is -3.25. The lowest BCUT2D eigenvalue weighted by atomic mass is 10.0. The first kappa shape index (κ1) is 16.7. The van der Waals surface area contributed by atoms with Gasteiger partial charge in [0.05, 0.1) is 17.6 Å². The van der Waals surface area contributed by atoms with Crippen LogP contribution in [-0.4, -0.2) is 42.7 Å². The number of nitrogen functional groups attached to an aromatic ring is 1. The van der Waals surface area contributed by atoms with Crippen LogP contribution in [-0.2, 0) is 14.8 Å². The number of morpholine rings is 1. The zero-order valence-corrected chi connectivity index (χ0v) is 14.4. The maximum atomic E-state index is 12.9. The molecule has 23 heavy (non-hydrogen) atoms. The molecule has 1 aromatic heterocycles. The van der Waals surface area contributed by atoms with E-state index in [1.165, 1.54) is 0 Å². The van der Waals surface area contributed by atoms with Gasteiger partial charge in [0.1, 0.15) is 6.10 Å². The summed E-state index contributed by atoms with van der Waals surface area (Å²) in [4.78, 5) is 4.46. The van der Waals surface area contributed by atoms with Gasteiger partial charge in [0, 0.05) is 24.5 Å². The van der Waals surface area contributed by atoms with Gasteiger partial charge < -0.3 is 10.5 Å². The molecule has 2 fully saturated rings. The summed E-state index contributed by atoms with van der Waals surface area (Å²) in [5, 5.41) is -0.231. The van der Waals surface area contributed by atoms with Crippen LogP contribution >= 0.6 is 0 Å². The summed E-state index contributed by atoms with van der Waals surface area (Å²) in [5.74, 6) is 0. The molecule has 1 aliphatic heterocycles. The molecule has 1 atom stereocenters. The number of pyridine rings is 1. The van der Waals surface area contributed by atoms with E-state index in [0.717, 1.165) is 37.8 Å². The van der Waals surface area contributed by atoms with E-state index in [1.807, 2.05) is 6.92 Å². The van der Waals surface area contributed by atoms with Crippen LogP contribution in [0.4, 0.5) is 5.69 Å². The van der Waals surface area contributed by atoms with Gasteiger partial charge in [-0.2, -0.15) is 4.31 Å². The molecule has 2 heterocycles. The number of sulfonamides is 1. The topological polar surface area (TPSA) is 85.5 Å². The molecule has 0 amide bonds. The Hall–Kier alpha value is -1.18. The molecule has 0 unspecified atom stereocenters. The molecule has 1 saturated carbocycles. The zero-order valence-electron chi connectivity index (χ0n) is 13.6. The van der Waals surface area contributed by atoms with Gasteiger partial charge in [0.15, 0.2) is 0 Å². The van der Waals surface area contributed by atoms with Crippen molar-refractivity contribution in [3.05, 3.63) is 23.5 Å². The Bertz CT molecular complexity index is 636. The van der Waals surface area contributed by atoms with Gasteiger partial charge in [-0.05, 0) is 31.9 Å². The number of hydrogen-bond acceptors (Lipinski definition) is 5. The highest BCUT2D eigenvalue weighted by molar-refractivity contribution is 7.89. The van der Waals surface area contributed by atoms with Crippen LogP contribution in [0.1, 0.15) is 49.6 Å². The SMILES string of the molecule is Cc1cc(N)cc([C@H]2CN(S(=O)(=O)C3CCCCC3)CCO2)n1. The number of aromatic nitrogens is 1. The van der Waals surface area contributed by atoms with Crippen molar-refractivity contribution in [3.63, 3.8) is 0 Å². The van der Waals surface area contributed by atoms with E-state index in [9.17, 15) is 8.42 Å². The maximum absolute atomic E-state index is 12.9. The molecule has 0 spiro atoms. The summed E-state index contributed by atoms with van der Waals surface area (Å²) in [6.07, 6.45) is 4.37. The molecule has 0 bridgehead atoms. The van der Waals surface area contributed by atoms with Crippen LogP contribution < -0.4 is 5.73 Å². The van der Waals surface area contributed by atoms with Crippen molar-refractivity contribution in [2.24, 2.45) is 0 Å². The monoisotopic (exact) mass is 339 g/mol. The first-order valence-corrected chi connectivity index (χ1v) is 9.82. The second-order valence-electron chi connectivity index (χ2n) is 6.49. The molecule has 1 saturated heterocycles. The number of hydrogen-bond donors (Lipinski definition) is 1. The highest BCUT2D eigenvalue weighted by Crippen LogP contribution is 2.30. The Balaban J connectivity index is 1.77. The minimum absolute atomic E-state index is 0.231. The number of aryl methyl sites for hydroxylation is 1. The Labute approximate surface area is 138 Å². The molecule has 7 heteroatoms. The summed E-state index contributed by atoms with van der Waals surface area (Å²) >= 11 is 0. The summed E-state index contributed by atoms with van der Waals surface area (Å²) in [6, 6.07) is 3.57. The van der Waals surface area contributed by atoms with Crippen LogP contribution in [0.3, 0.4) is 0 Å². The summed E-state index contributed by atoms with van der Waals surface area (Å²) in [5.41, 5.74) is 8.03. The van der Waals surface area contributed by atoms with Gasteiger partial charge >= 0.3 is 0 Å². The third-order valence-corrected chi connectivity index (χ3v) is 7.05. The molecule has 6 nitrogen and oxygen atoms in total. The smallest absolute Gasteiger partial charge is 0.217 e. The predicted molar refractivity (Wildman–Crippen MR) is 89.4 cm³/mol. The molecule has 0 aromatic carbocycles. The van der Waals surface area contributed by atoms with E-state index < -0.39 is 10.0 Å². The molecule has 2 N–H and O–H groups in total. The third-order valence-electron chi connectivity index (χ3n) is 4.69. The van der Waals surface area contributed by atoms with Gasteiger partial charge in [-0.3, -0.25) is 4.98 Å². The van der Waals surface area contributed by atoms with E-state index >= 15 is 0 Å². The molecular weight excluding hydrogens is 314 g/mol. The van der Waals surface area contributed by atoms with E-state index in [2.05, 4.69) is 4.98 Å².